The summed E-state index contributed by atoms with van der Waals surface area (Å²) >= 11 is 0. The van der Waals surface area contributed by atoms with Gasteiger partial charge in [0, 0.05) is 19.5 Å². The van der Waals surface area contributed by atoms with Gasteiger partial charge in [0.2, 0.25) is 12.0 Å². The van der Waals surface area contributed by atoms with Gasteiger partial charge in [0.15, 0.2) is 17.3 Å². The standard InChI is InChI=1S/C21H19N3O4/c25-21(18-13-26-16-8-4-5-9-17(16)27-18)24-11-15(12-24)20-22-19(23-28-20)10-14-6-2-1-3-7-14/h1-9,15,18H,10-13H2. The molecule has 142 valence electrons. The van der Waals surface area contributed by atoms with E-state index in [-0.39, 0.29) is 18.4 Å². The summed E-state index contributed by atoms with van der Waals surface area (Å²) in [5.74, 6) is 2.51. The number of carbonyl (C=O) groups excluding carboxylic acids is 1. The van der Waals surface area contributed by atoms with Crippen LogP contribution >= 0.6 is 0 Å². The molecule has 0 spiro atoms. The summed E-state index contributed by atoms with van der Waals surface area (Å²) in [4.78, 5) is 18.9. The largest absolute Gasteiger partial charge is 0.485 e. The molecule has 1 atom stereocenters. The van der Waals surface area contributed by atoms with E-state index in [1.165, 1.54) is 0 Å². The van der Waals surface area contributed by atoms with E-state index in [2.05, 4.69) is 10.1 Å². The third-order valence-electron chi connectivity index (χ3n) is 5.02. The van der Waals surface area contributed by atoms with Crippen LogP contribution < -0.4 is 9.47 Å². The second kappa shape index (κ2) is 6.99. The molecule has 1 aromatic heterocycles. The van der Waals surface area contributed by atoms with E-state index < -0.39 is 6.10 Å². The molecule has 1 unspecified atom stereocenters. The molecule has 3 heterocycles. The lowest BCUT2D eigenvalue weighted by Crippen LogP contribution is -2.55. The van der Waals surface area contributed by atoms with Crippen molar-refractivity contribution < 1.29 is 18.8 Å². The van der Waals surface area contributed by atoms with Gasteiger partial charge in [-0.2, -0.15) is 4.98 Å². The number of fused-ring (bicyclic) bond motifs is 1. The number of aromatic nitrogens is 2. The molecule has 0 N–H and O–H groups in total. The summed E-state index contributed by atoms with van der Waals surface area (Å²) in [5.41, 5.74) is 1.13. The maximum absolute atomic E-state index is 12.7. The van der Waals surface area contributed by atoms with Gasteiger partial charge in [-0.05, 0) is 17.7 Å². The van der Waals surface area contributed by atoms with E-state index in [9.17, 15) is 4.79 Å². The van der Waals surface area contributed by atoms with Crippen molar-refractivity contribution >= 4 is 5.91 Å². The minimum Gasteiger partial charge on any atom is -0.485 e. The molecule has 0 bridgehead atoms. The highest BCUT2D eigenvalue weighted by molar-refractivity contribution is 5.82. The highest BCUT2D eigenvalue weighted by Gasteiger charge is 2.40. The summed E-state index contributed by atoms with van der Waals surface area (Å²) in [6, 6.07) is 17.4. The predicted octanol–water partition coefficient (Wildman–Crippen LogP) is 2.43. The molecule has 7 heteroatoms. The third kappa shape index (κ3) is 3.19. The van der Waals surface area contributed by atoms with Crippen LogP contribution in [-0.4, -0.2) is 46.7 Å². The number of hydrogen-bond acceptors (Lipinski definition) is 6. The molecule has 0 radical (unpaired) electrons. The molecular formula is C21H19N3O4. The van der Waals surface area contributed by atoms with Gasteiger partial charge in [0.1, 0.15) is 6.61 Å². The maximum Gasteiger partial charge on any atom is 0.267 e. The van der Waals surface area contributed by atoms with Gasteiger partial charge < -0.3 is 18.9 Å². The number of carbonyl (C=O) groups is 1. The lowest BCUT2D eigenvalue weighted by Gasteiger charge is -2.39. The Kier molecular flexibility index (Phi) is 4.20. The fourth-order valence-electron chi connectivity index (χ4n) is 3.44. The van der Waals surface area contributed by atoms with Crippen molar-refractivity contribution in [1.82, 2.24) is 15.0 Å². The molecule has 1 saturated heterocycles. The lowest BCUT2D eigenvalue weighted by atomic mass is 9.99. The zero-order valence-corrected chi connectivity index (χ0v) is 15.2. The summed E-state index contributed by atoms with van der Waals surface area (Å²) in [7, 11) is 0. The van der Waals surface area contributed by atoms with Gasteiger partial charge in [-0.15, -0.1) is 0 Å². The highest BCUT2D eigenvalue weighted by atomic mass is 16.6. The zero-order chi connectivity index (χ0) is 18.9. The first-order chi connectivity index (χ1) is 13.8. The van der Waals surface area contributed by atoms with Crippen LogP contribution in [-0.2, 0) is 11.2 Å². The number of hydrogen-bond donors (Lipinski definition) is 0. The first kappa shape index (κ1) is 16.8. The zero-order valence-electron chi connectivity index (χ0n) is 15.2. The van der Waals surface area contributed by atoms with Gasteiger partial charge >= 0.3 is 0 Å². The van der Waals surface area contributed by atoms with Crippen LogP contribution in [0.3, 0.4) is 0 Å². The molecule has 2 aromatic carbocycles. The smallest absolute Gasteiger partial charge is 0.267 e. The summed E-state index contributed by atoms with van der Waals surface area (Å²) in [5, 5.41) is 4.06. The van der Waals surface area contributed by atoms with Crippen molar-refractivity contribution in [3.05, 3.63) is 71.9 Å². The molecule has 2 aliphatic heterocycles. The van der Waals surface area contributed by atoms with Crippen molar-refractivity contribution in [2.75, 3.05) is 19.7 Å². The fraction of sp³-hybridized carbons (Fsp3) is 0.286. The minimum atomic E-state index is -0.618. The van der Waals surface area contributed by atoms with Crippen LogP contribution in [0.5, 0.6) is 11.5 Å². The first-order valence-corrected chi connectivity index (χ1v) is 9.30. The highest BCUT2D eigenvalue weighted by Crippen LogP contribution is 2.33. The van der Waals surface area contributed by atoms with Gasteiger partial charge in [0.05, 0.1) is 5.92 Å². The topological polar surface area (TPSA) is 77.7 Å². The quantitative estimate of drug-likeness (QED) is 0.695. The van der Waals surface area contributed by atoms with Gasteiger partial charge in [-0.25, -0.2) is 0 Å². The van der Waals surface area contributed by atoms with Crippen molar-refractivity contribution in [2.45, 2.75) is 18.4 Å². The van der Waals surface area contributed by atoms with Crippen molar-refractivity contribution in [3.8, 4) is 11.5 Å². The van der Waals surface area contributed by atoms with E-state index >= 15 is 0 Å². The van der Waals surface area contributed by atoms with Gasteiger partial charge in [-0.1, -0.05) is 47.6 Å². The number of likely N-dealkylation sites (tertiary alicyclic amines) is 1. The Bertz CT molecular complexity index is 982. The Morgan fingerprint density at radius 2 is 1.79 bits per heavy atom. The molecule has 5 rings (SSSR count). The van der Waals surface area contributed by atoms with Crippen LogP contribution in [0.2, 0.25) is 0 Å². The molecule has 1 amide bonds. The molecule has 0 saturated carbocycles. The lowest BCUT2D eigenvalue weighted by molar-refractivity contribution is -0.146. The molecule has 28 heavy (non-hydrogen) atoms. The molecule has 3 aromatic rings. The van der Waals surface area contributed by atoms with Crippen LogP contribution in [0.15, 0.2) is 59.1 Å². The first-order valence-electron chi connectivity index (χ1n) is 9.30. The van der Waals surface area contributed by atoms with Gasteiger partial charge in [0.25, 0.3) is 5.91 Å². The third-order valence-corrected chi connectivity index (χ3v) is 5.02. The van der Waals surface area contributed by atoms with E-state index in [0.29, 0.717) is 42.7 Å². The Balaban J connectivity index is 1.17. The number of rotatable bonds is 4. The average Bonchev–Trinajstić information content (AvgIpc) is 3.15. The second-order valence-corrected chi connectivity index (χ2v) is 7.02. The average molecular weight is 377 g/mol. The minimum absolute atomic E-state index is 0.0674. The number of benzene rings is 2. The van der Waals surface area contributed by atoms with Gasteiger partial charge in [-0.3, -0.25) is 4.79 Å². The number of para-hydroxylation sites is 2. The summed E-state index contributed by atoms with van der Waals surface area (Å²) < 4.78 is 16.8. The normalized spacial score (nSPS) is 18.6. The predicted molar refractivity (Wildman–Crippen MR) is 99.2 cm³/mol. The van der Waals surface area contributed by atoms with Crippen LogP contribution in [0.4, 0.5) is 0 Å². The van der Waals surface area contributed by atoms with Crippen molar-refractivity contribution in [2.24, 2.45) is 0 Å². The Morgan fingerprint density at radius 1 is 1.04 bits per heavy atom. The molecule has 0 aliphatic carbocycles. The van der Waals surface area contributed by atoms with Crippen LogP contribution in [0, 0.1) is 0 Å². The Hall–Kier alpha value is -3.35. The van der Waals surface area contributed by atoms with E-state index in [1.54, 1.807) is 11.0 Å². The summed E-state index contributed by atoms with van der Waals surface area (Å²) in [6.45, 7) is 1.32. The van der Waals surface area contributed by atoms with E-state index in [4.69, 9.17) is 14.0 Å². The Labute approximate surface area is 161 Å². The monoisotopic (exact) mass is 377 g/mol. The van der Waals surface area contributed by atoms with Crippen LogP contribution in [0.1, 0.15) is 23.2 Å². The number of nitrogens with zero attached hydrogens (tertiary/aromatic N) is 3. The van der Waals surface area contributed by atoms with E-state index in [1.807, 2.05) is 48.5 Å². The molecule has 7 nitrogen and oxygen atoms in total. The van der Waals surface area contributed by atoms with Crippen molar-refractivity contribution in [3.63, 3.8) is 0 Å². The van der Waals surface area contributed by atoms with E-state index in [0.717, 1.165) is 5.56 Å². The Morgan fingerprint density at radius 3 is 2.61 bits per heavy atom. The SMILES string of the molecule is O=C(C1COc2ccccc2O1)N1CC(c2nc(Cc3ccccc3)no2)C1. The number of amides is 1. The summed E-state index contributed by atoms with van der Waals surface area (Å²) in [6.07, 6.45) is 0.0130. The number of ether oxygens (including phenoxy) is 2. The van der Waals surface area contributed by atoms with Crippen molar-refractivity contribution in [1.29, 1.82) is 0 Å². The molecule has 1 fully saturated rings. The molecular weight excluding hydrogens is 358 g/mol. The maximum atomic E-state index is 12.7. The fourth-order valence-corrected chi connectivity index (χ4v) is 3.44. The molecule has 2 aliphatic rings. The second-order valence-electron chi connectivity index (χ2n) is 7.02. The van der Waals surface area contributed by atoms with Crippen LogP contribution in [0.25, 0.3) is 0 Å².